The maximum absolute atomic E-state index is 9.17. The van der Waals surface area contributed by atoms with Crippen LogP contribution in [0, 0.1) is 0 Å². The highest BCUT2D eigenvalue weighted by molar-refractivity contribution is 6.07. The van der Waals surface area contributed by atoms with Crippen LogP contribution >= 0.6 is 0 Å². The zero-order valence-corrected chi connectivity index (χ0v) is 24.7. The molecule has 0 aliphatic carbocycles. The first-order valence-electron chi connectivity index (χ1n) is 17.8. The standard InChI is InChI=1S/C44H29NO/c1-2-15-36(16-3-1)45(37-25-26-40-39-17-8-9-20-42(39)46-43(40)29-37)41-19-10-18-38(34-23-21-30-11-4-6-13-32(30)27-34)44(41)35-24-22-31-12-5-7-14-33(31)28-35/h1-29H/i1D,2D,3D,15D,16D. The molecule has 0 aliphatic heterocycles. The Labute approximate surface area is 274 Å². The Morgan fingerprint density at radius 1 is 0.457 bits per heavy atom. The van der Waals surface area contributed by atoms with Crippen LogP contribution in [-0.4, -0.2) is 0 Å². The molecule has 2 nitrogen and oxygen atoms in total. The predicted molar refractivity (Wildman–Crippen MR) is 194 cm³/mol. The maximum Gasteiger partial charge on any atom is 0.137 e. The Kier molecular flexibility index (Phi) is 5.06. The normalized spacial score (nSPS) is 13.0. The molecule has 46 heavy (non-hydrogen) atoms. The summed E-state index contributed by atoms with van der Waals surface area (Å²) in [5.41, 5.74) is 6.39. The Bertz CT molecular complexity index is 2810. The van der Waals surface area contributed by atoms with Crippen LogP contribution in [0.4, 0.5) is 17.1 Å². The second kappa shape index (κ2) is 10.8. The third kappa shape index (κ3) is 4.43. The minimum atomic E-state index is -0.443. The van der Waals surface area contributed by atoms with E-state index in [0.29, 0.717) is 17.0 Å². The minimum Gasteiger partial charge on any atom is -0.456 e. The van der Waals surface area contributed by atoms with Crippen molar-refractivity contribution in [3.8, 4) is 22.3 Å². The van der Waals surface area contributed by atoms with E-state index in [0.717, 1.165) is 60.2 Å². The lowest BCUT2D eigenvalue weighted by molar-refractivity contribution is 0.669. The van der Waals surface area contributed by atoms with Gasteiger partial charge in [0.25, 0.3) is 0 Å². The van der Waals surface area contributed by atoms with Crippen LogP contribution in [-0.2, 0) is 0 Å². The van der Waals surface area contributed by atoms with Crippen molar-refractivity contribution in [2.45, 2.75) is 0 Å². The summed E-state index contributed by atoms with van der Waals surface area (Å²) in [6, 6.07) is 47.0. The van der Waals surface area contributed by atoms with E-state index in [4.69, 9.17) is 11.3 Å². The molecule has 0 unspecified atom stereocenters. The van der Waals surface area contributed by atoms with Gasteiger partial charge in [0.1, 0.15) is 11.2 Å². The molecule has 0 aliphatic rings. The third-order valence-corrected chi connectivity index (χ3v) is 8.71. The average molecular weight is 593 g/mol. The highest BCUT2D eigenvalue weighted by Gasteiger charge is 2.22. The number of rotatable bonds is 5. The second-order valence-corrected chi connectivity index (χ2v) is 11.4. The molecule has 0 fully saturated rings. The lowest BCUT2D eigenvalue weighted by atomic mass is 9.90. The number of fused-ring (bicyclic) bond motifs is 5. The van der Waals surface area contributed by atoms with Gasteiger partial charge in [-0.2, -0.15) is 0 Å². The number of nitrogens with zero attached hydrogens (tertiary/aromatic N) is 1. The lowest BCUT2D eigenvalue weighted by Crippen LogP contribution is -2.11. The van der Waals surface area contributed by atoms with Crippen LogP contribution in [0.3, 0.4) is 0 Å². The van der Waals surface area contributed by atoms with Gasteiger partial charge in [-0.1, -0.05) is 121 Å². The fraction of sp³-hybridized carbons (Fsp3) is 0. The molecule has 0 saturated heterocycles. The van der Waals surface area contributed by atoms with E-state index in [1.807, 2.05) is 78.9 Å². The monoisotopic (exact) mass is 592 g/mol. The van der Waals surface area contributed by atoms with Gasteiger partial charge in [0, 0.05) is 33.8 Å². The summed E-state index contributed by atoms with van der Waals surface area (Å²) in [6.07, 6.45) is 0. The first-order chi connectivity index (χ1) is 24.9. The van der Waals surface area contributed by atoms with Crippen LogP contribution in [0.2, 0.25) is 0 Å². The summed E-state index contributed by atoms with van der Waals surface area (Å²) < 4.78 is 50.4. The molecule has 1 heterocycles. The summed E-state index contributed by atoms with van der Waals surface area (Å²) in [5, 5.41) is 6.29. The molecule has 0 amide bonds. The van der Waals surface area contributed by atoms with Crippen molar-refractivity contribution >= 4 is 60.5 Å². The smallest absolute Gasteiger partial charge is 0.137 e. The van der Waals surface area contributed by atoms with Crippen LogP contribution < -0.4 is 4.90 Å². The largest absolute Gasteiger partial charge is 0.456 e. The van der Waals surface area contributed by atoms with Gasteiger partial charge in [-0.3, -0.25) is 0 Å². The van der Waals surface area contributed by atoms with E-state index < -0.39 is 18.1 Å². The fourth-order valence-electron chi connectivity index (χ4n) is 6.57. The first-order valence-corrected chi connectivity index (χ1v) is 15.3. The molecule has 1 aromatic heterocycles. The number of furan rings is 1. The maximum atomic E-state index is 9.17. The van der Waals surface area contributed by atoms with Crippen LogP contribution in [0.15, 0.2) is 180 Å². The van der Waals surface area contributed by atoms with Crippen molar-refractivity contribution in [3.05, 3.63) is 176 Å². The Hall–Kier alpha value is -6.12. The molecule has 0 N–H and O–H groups in total. The van der Waals surface area contributed by atoms with Gasteiger partial charge >= 0.3 is 0 Å². The zero-order chi connectivity index (χ0) is 34.8. The van der Waals surface area contributed by atoms with E-state index >= 15 is 0 Å². The highest BCUT2D eigenvalue weighted by Crippen LogP contribution is 2.47. The molecular formula is C44H29NO. The molecule has 0 saturated carbocycles. The summed E-state index contributed by atoms with van der Waals surface area (Å²) in [7, 11) is 0. The number of benzene rings is 8. The van der Waals surface area contributed by atoms with Gasteiger partial charge in [0.15, 0.2) is 0 Å². The topological polar surface area (TPSA) is 16.4 Å². The summed E-state index contributed by atoms with van der Waals surface area (Å²) in [4.78, 5) is 1.79. The zero-order valence-electron chi connectivity index (χ0n) is 29.7. The van der Waals surface area contributed by atoms with Gasteiger partial charge in [-0.15, -0.1) is 0 Å². The molecule has 0 spiro atoms. The highest BCUT2D eigenvalue weighted by atomic mass is 16.3. The number of para-hydroxylation sites is 2. The average Bonchev–Trinajstić information content (AvgIpc) is 3.55. The molecule has 0 radical (unpaired) electrons. The fourth-order valence-corrected chi connectivity index (χ4v) is 6.57. The van der Waals surface area contributed by atoms with Gasteiger partial charge in [-0.25, -0.2) is 0 Å². The molecule has 216 valence electrons. The first kappa shape index (κ1) is 21.6. The van der Waals surface area contributed by atoms with E-state index in [9.17, 15) is 0 Å². The molecule has 2 heteroatoms. The number of anilines is 3. The molecule has 0 atom stereocenters. The van der Waals surface area contributed by atoms with E-state index in [1.54, 1.807) is 4.90 Å². The van der Waals surface area contributed by atoms with Crippen LogP contribution in [0.1, 0.15) is 6.85 Å². The Morgan fingerprint density at radius 2 is 1.11 bits per heavy atom. The van der Waals surface area contributed by atoms with E-state index in [-0.39, 0.29) is 17.8 Å². The quantitative estimate of drug-likeness (QED) is 0.198. The van der Waals surface area contributed by atoms with Gasteiger partial charge in [0.05, 0.1) is 12.5 Å². The van der Waals surface area contributed by atoms with Crippen molar-refractivity contribution in [2.75, 3.05) is 4.90 Å². The van der Waals surface area contributed by atoms with Crippen LogP contribution in [0.5, 0.6) is 0 Å². The SMILES string of the molecule is [2H]c1c([2H])c([2H])c(N(c2ccc3c(c2)oc2ccccc23)c2cccc(-c3ccc4ccccc4c3)c2-c2ccc3ccccc3c2)c([2H])c1[2H]. The predicted octanol–water partition coefficient (Wildman–Crippen LogP) is 12.7. The van der Waals surface area contributed by atoms with Crippen molar-refractivity contribution in [2.24, 2.45) is 0 Å². The molecule has 9 rings (SSSR count). The lowest BCUT2D eigenvalue weighted by Gasteiger charge is -2.29. The molecule has 9 aromatic rings. The molecule has 8 aromatic carbocycles. The third-order valence-electron chi connectivity index (χ3n) is 8.71. The summed E-state index contributed by atoms with van der Waals surface area (Å²) >= 11 is 0. The van der Waals surface area contributed by atoms with Crippen molar-refractivity contribution < 1.29 is 11.3 Å². The Morgan fingerprint density at radius 3 is 1.89 bits per heavy atom. The summed E-state index contributed by atoms with van der Waals surface area (Å²) in [6.45, 7) is 0. The molecule has 0 bridgehead atoms. The van der Waals surface area contributed by atoms with Gasteiger partial charge in [0.2, 0.25) is 0 Å². The van der Waals surface area contributed by atoms with Gasteiger partial charge in [-0.05, 0) is 86.7 Å². The summed E-state index contributed by atoms with van der Waals surface area (Å²) in [5.74, 6) is 0. The number of hydrogen-bond acceptors (Lipinski definition) is 2. The van der Waals surface area contributed by atoms with Crippen molar-refractivity contribution in [1.29, 1.82) is 0 Å². The Balaban J connectivity index is 1.39. The van der Waals surface area contributed by atoms with Gasteiger partial charge < -0.3 is 9.32 Å². The van der Waals surface area contributed by atoms with Crippen molar-refractivity contribution in [1.82, 2.24) is 0 Å². The number of hydrogen-bond donors (Lipinski definition) is 0. The van der Waals surface area contributed by atoms with Crippen molar-refractivity contribution in [3.63, 3.8) is 0 Å². The van der Waals surface area contributed by atoms with Crippen LogP contribution in [0.25, 0.3) is 65.7 Å². The van der Waals surface area contributed by atoms with E-state index in [1.165, 1.54) is 0 Å². The van der Waals surface area contributed by atoms with E-state index in [2.05, 4.69) is 66.7 Å². The molecular weight excluding hydrogens is 558 g/mol. The minimum absolute atomic E-state index is 0.0501. The second-order valence-electron chi connectivity index (χ2n) is 11.4.